The number of fused-ring (bicyclic) bond motifs is 1. The Balaban J connectivity index is 1.84. The fourth-order valence-corrected chi connectivity index (χ4v) is 3.54. The molecule has 1 aromatic heterocycles. The zero-order valence-electron chi connectivity index (χ0n) is 11.5. The molecule has 108 valence electrons. The average Bonchev–Trinajstić information content (AvgIpc) is 2.83. The van der Waals surface area contributed by atoms with Gasteiger partial charge < -0.3 is 10.2 Å². The van der Waals surface area contributed by atoms with E-state index in [9.17, 15) is 0 Å². The van der Waals surface area contributed by atoms with Crippen molar-refractivity contribution < 1.29 is 4.42 Å². The molecule has 0 aliphatic heterocycles. The number of hydrogen-bond donors (Lipinski definition) is 1. The molecule has 0 bridgehead atoms. The average molecular weight is 363 g/mol. The van der Waals surface area contributed by atoms with E-state index in [0.717, 1.165) is 26.9 Å². The van der Waals surface area contributed by atoms with E-state index < -0.39 is 0 Å². The molecule has 21 heavy (non-hydrogen) atoms. The fraction of sp³-hybridized carbons (Fsp3) is 0.188. The summed E-state index contributed by atoms with van der Waals surface area (Å²) < 4.78 is 6.77. The van der Waals surface area contributed by atoms with Gasteiger partial charge in [-0.25, -0.2) is 4.98 Å². The van der Waals surface area contributed by atoms with Crippen molar-refractivity contribution >= 4 is 38.8 Å². The van der Waals surface area contributed by atoms with Crippen molar-refractivity contribution in [3.8, 4) is 0 Å². The summed E-state index contributed by atoms with van der Waals surface area (Å²) in [4.78, 5) is 5.55. The van der Waals surface area contributed by atoms with Gasteiger partial charge in [0.25, 0.3) is 5.22 Å². The van der Waals surface area contributed by atoms with Crippen LogP contribution in [0.3, 0.4) is 0 Å². The number of nitrogens with zero attached hydrogens (tertiary/aromatic N) is 1. The van der Waals surface area contributed by atoms with Crippen molar-refractivity contribution in [2.75, 3.05) is 0 Å². The van der Waals surface area contributed by atoms with Gasteiger partial charge in [-0.2, -0.15) is 0 Å². The molecule has 2 aromatic carbocycles. The standard InChI is InChI=1S/C16H15BrN2OS/c1-10(18)8-11-6-7-15(12(17)9-11)21-16-19-13-4-2-3-5-14(13)20-16/h2-7,9-10H,8,18H2,1H3. The van der Waals surface area contributed by atoms with Crippen LogP contribution in [0.4, 0.5) is 0 Å². The van der Waals surface area contributed by atoms with Crippen LogP contribution in [0.25, 0.3) is 11.1 Å². The minimum absolute atomic E-state index is 0.160. The van der Waals surface area contributed by atoms with Gasteiger partial charge in [-0.05, 0) is 70.9 Å². The van der Waals surface area contributed by atoms with Gasteiger partial charge in [0.1, 0.15) is 5.52 Å². The number of aromatic nitrogens is 1. The quantitative estimate of drug-likeness (QED) is 0.734. The van der Waals surface area contributed by atoms with Crippen LogP contribution in [-0.4, -0.2) is 11.0 Å². The van der Waals surface area contributed by atoms with Crippen LogP contribution in [0.1, 0.15) is 12.5 Å². The Kier molecular flexibility index (Phi) is 4.33. The Morgan fingerprint density at radius 3 is 2.81 bits per heavy atom. The maximum atomic E-state index is 5.83. The third-order valence-corrected chi connectivity index (χ3v) is 4.87. The summed E-state index contributed by atoms with van der Waals surface area (Å²) in [7, 11) is 0. The molecule has 0 saturated heterocycles. The molecule has 1 unspecified atom stereocenters. The van der Waals surface area contributed by atoms with Crippen molar-refractivity contribution in [1.82, 2.24) is 4.98 Å². The Bertz CT molecular complexity index is 737. The Morgan fingerprint density at radius 2 is 2.10 bits per heavy atom. The fourth-order valence-electron chi connectivity index (χ4n) is 2.11. The summed E-state index contributed by atoms with van der Waals surface area (Å²) in [5, 5.41) is 0.650. The van der Waals surface area contributed by atoms with Crippen LogP contribution in [0.15, 0.2) is 61.5 Å². The number of halogens is 1. The van der Waals surface area contributed by atoms with Crippen molar-refractivity contribution in [3.63, 3.8) is 0 Å². The van der Waals surface area contributed by atoms with Gasteiger partial charge in [0.05, 0.1) is 0 Å². The third kappa shape index (κ3) is 3.48. The van der Waals surface area contributed by atoms with Crippen molar-refractivity contribution in [2.45, 2.75) is 29.5 Å². The molecule has 0 aliphatic rings. The second-order valence-corrected chi connectivity index (χ2v) is 6.84. The largest absolute Gasteiger partial charge is 0.431 e. The minimum Gasteiger partial charge on any atom is -0.431 e. The van der Waals surface area contributed by atoms with Gasteiger partial charge in [-0.3, -0.25) is 0 Å². The summed E-state index contributed by atoms with van der Waals surface area (Å²) in [5.41, 5.74) is 8.74. The molecule has 3 nitrogen and oxygen atoms in total. The van der Waals surface area contributed by atoms with E-state index in [0.29, 0.717) is 5.22 Å². The molecule has 0 amide bonds. The summed E-state index contributed by atoms with van der Waals surface area (Å²) in [6.07, 6.45) is 0.867. The van der Waals surface area contributed by atoms with E-state index in [-0.39, 0.29) is 6.04 Å². The molecule has 1 heterocycles. The smallest absolute Gasteiger partial charge is 0.261 e. The van der Waals surface area contributed by atoms with E-state index in [1.54, 1.807) is 0 Å². The topological polar surface area (TPSA) is 52.0 Å². The normalized spacial score (nSPS) is 12.7. The van der Waals surface area contributed by atoms with Gasteiger partial charge in [0, 0.05) is 15.4 Å². The molecule has 3 aromatic rings. The first-order valence-electron chi connectivity index (χ1n) is 6.69. The second kappa shape index (κ2) is 6.22. The predicted molar refractivity (Wildman–Crippen MR) is 89.6 cm³/mol. The molecule has 3 rings (SSSR count). The lowest BCUT2D eigenvalue weighted by atomic mass is 10.1. The Labute approximate surface area is 136 Å². The zero-order valence-corrected chi connectivity index (χ0v) is 13.9. The maximum absolute atomic E-state index is 5.83. The van der Waals surface area contributed by atoms with Gasteiger partial charge in [0.2, 0.25) is 0 Å². The highest BCUT2D eigenvalue weighted by atomic mass is 79.9. The lowest BCUT2D eigenvalue weighted by Crippen LogP contribution is -2.17. The molecule has 0 radical (unpaired) electrons. The molecule has 5 heteroatoms. The molecule has 0 spiro atoms. The number of rotatable bonds is 4. The summed E-state index contributed by atoms with van der Waals surface area (Å²) >= 11 is 5.12. The highest BCUT2D eigenvalue weighted by Crippen LogP contribution is 2.35. The maximum Gasteiger partial charge on any atom is 0.261 e. The van der Waals surface area contributed by atoms with Gasteiger partial charge in [-0.1, -0.05) is 18.2 Å². The summed E-state index contributed by atoms with van der Waals surface area (Å²) in [5.74, 6) is 0. The highest BCUT2D eigenvalue weighted by Gasteiger charge is 2.10. The first kappa shape index (κ1) is 14.6. The summed E-state index contributed by atoms with van der Waals surface area (Å²) in [6, 6.07) is 14.2. The Morgan fingerprint density at radius 1 is 1.29 bits per heavy atom. The van der Waals surface area contributed by atoms with Crippen LogP contribution >= 0.6 is 27.7 Å². The first-order valence-corrected chi connectivity index (χ1v) is 8.30. The second-order valence-electron chi connectivity index (χ2n) is 5.00. The number of para-hydroxylation sites is 2. The zero-order chi connectivity index (χ0) is 14.8. The van der Waals surface area contributed by atoms with Crippen LogP contribution in [0.5, 0.6) is 0 Å². The highest BCUT2D eigenvalue weighted by molar-refractivity contribution is 9.10. The molecule has 0 saturated carbocycles. The molecule has 2 N–H and O–H groups in total. The Hall–Kier alpha value is -1.30. The molecule has 0 fully saturated rings. The SMILES string of the molecule is CC(N)Cc1ccc(Sc2nc3ccccc3o2)c(Br)c1. The van der Waals surface area contributed by atoms with Crippen molar-refractivity contribution in [1.29, 1.82) is 0 Å². The number of oxazole rings is 1. The third-order valence-electron chi connectivity index (χ3n) is 3.03. The molecule has 1 atom stereocenters. The van der Waals surface area contributed by atoms with E-state index in [1.165, 1.54) is 17.3 Å². The van der Waals surface area contributed by atoms with Crippen molar-refractivity contribution in [2.24, 2.45) is 5.73 Å². The summed E-state index contributed by atoms with van der Waals surface area (Å²) in [6.45, 7) is 2.01. The molecular formula is C16H15BrN2OS. The lowest BCUT2D eigenvalue weighted by molar-refractivity contribution is 0.489. The van der Waals surface area contributed by atoms with Crippen molar-refractivity contribution in [3.05, 3.63) is 52.5 Å². The van der Waals surface area contributed by atoms with Crippen LogP contribution in [0, 0.1) is 0 Å². The predicted octanol–water partition coefficient (Wildman–Crippen LogP) is 4.63. The number of nitrogens with two attached hydrogens (primary N) is 1. The minimum atomic E-state index is 0.160. The van der Waals surface area contributed by atoms with E-state index in [2.05, 4.69) is 39.1 Å². The van der Waals surface area contributed by atoms with Gasteiger partial charge >= 0.3 is 0 Å². The molecule has 0 aliphatic carbocycles. The lowest BCUT2D eigenvalue weighted by Gasteiger charge is -2.07. The van der Waals surface area contributed by atoms with Crippen LogP contribution < -0.4 is 5.73 Å². The van der Waals surface area contributed by atoms with Gasteiger partial charge in [-0.15, -0.1) is 0 Å². The van der Waals surface area contributed by atoms with E-state index >= 15 is 0 Å². The van der Waals surface area contributed by atoms with E-state index in [1.807, 2.05) is 31.2 Å². The van der Waals surface area contributed by atoms with Gasteiger partial charge in [0.15, 0.2) is 5.58 Å². The van der Waals surface area contributed by atoms with E-state index in [4.69, 9.17) is 10.2 Å². The number of benzene rings is 2. The number of hydrogen-bond acceptors (Lipinski definition) is 4. The monoisotopic (exact) mass is 362 g/mol. The first-order chi connectivity index (χ1) is 10.1. The van der Waals surface area contributed by atoms with Crippen LogP contribution in [0.2, 0.25) is 0 Å². The van der Waals surface area contributed by atoms with Crippen LogP contribution in [-0.2, 0) is 6.42 Å². The molecular weight excluding hydrogens is 348 g/mol.